The molecule has 1 aliphatic heterocycles. The van der Waals surface area contributed by atoms with E-state index in [9.17, 15) is 4.79 Å². The highest BCUT2D eigenvalue weighted by atomic mass is 16.8. The van der Waals surface area contributed by atoms with Crippen LogP contribution in [-0.4, -0.2) is 66.0 Å². The minimum atomic E-state index is -0.608. The second-order valence-electron chi connectivity index (χ2n) is 7.67. The molecule has 1 saturated heterocycles. The van der Waals surface area contributed by atoms with Crippen molar-refractivity contribution in [1.29, 1.82) is 0 Å². The zero-order valence-corrected chi connectivity index (χ0v) is 17.0. The Bertz CT molecular complexity index is 815. The maximum atomic E-state index is 11.4. The fourth-order valence-corrected chi connectivity index (χ4v) is 4.27. The minimum absolute atomic E-state index is 0.277. The number of carbonyl (C=O) groups excluding carboxylic acids is 1. The lowest BCUT2D eigenvalue weighted by Gasteiger charge is -2.41. The molecule has 2 fully saturated rings. The van der Waals surface area contributed by atoms with Crippen LogP contribution in [0.2, 0.25) is 0 Å². The number of piperazine rings is 1. The predicted octanol–water partition coefficient (Wildman–Crippen LogP) is 3.63. The van der Waals surface area contributed by atoms with Crippen molar-refractivity contribution in [2.24, 2.45) is 0 Å². The summed E-state index contributed by atoms with van der Waals surface area (Å²) in [6.45, 7) is 5.38. The van der Waals surface area contributed by atoms with Crippen LogP contribution in [0.3, 0.4) is 0 Å². The van der Waals surface area contributed by atoms with E-state index in [0.717, 1.165) is 68.4 Å². The summed E-state index contributed by atoms with van der Waals surface area (Å²) in [6.07, 6.45) is 7.78. The smallest absolute Gasteiger partial charge is 0.490 e. The zero-order valence-electron chi connectivity index (χ0n) is 17.0. The SMILES string of the molecule is CCOC(=O)ON1CCN(C2CCC(Oc3ccc4cnccc4c3)CC2)CC1. The van der Waals surface area contributed by atoms with E-state index in [-0.39, 0.29) is 6.10 Å². The largest absolute Gasteiger partial charge is 0.527 e. The molecule has 0 spiro atoms. The third-order valence-electron chi connectivity index (χ3n) is 5.81. The van der Waals surface area contributed by atoms with Crippen LogP contribution < -0.4 is 4.74 Å². The van der Waals surface area contributed by atoms with Gasteiger partial charge >= 0.3 is 6.16 Å². The molecule has 0 bridgehead atoms. The van der Waals surface area contributed by atoms with Gasteiger partial charge in [0.25, 0.3) is 0 Å². The van der Waals surface area contributed by atoms with E-state index >= 15 is 0 Å². The van der Waals surface area contributed by atoms with E-state index in [4.69, 9.17) is 14.3 Å². The number of aromatic nitrogens is 1. The third kappa shape index (κ3) is 5.16. The van der Waals surface area contributed by atoms with E-state index in [1.807, 2.05) is 24.5 Å². The molecule has 4 rings (SSSR count). The van der Waals surface area contributed by atoms with Gasteiger partial charge in [-0.2, -0.15) is 0 Å². The Balaban J connectivity index is 1.22. The summed E-state index contributed by atoms with van der Waals surface area (Å²) in [5.41, 5.74) is 0. The average molecular weight is 399 g/mol. The first kappa shape index (κ1) is 19.9. The average Bonchev–Trinajstić information content (AvgIpc) is 2.75. The summed E-state index contributed by atoms with van der Waals surface area (Å²) in [5, 5.41) is 4.00. The number of hydrogen-bond donors (Lipinski definition) is 0. The Kier molecular flexibility index (Phi) is 6.46. The summed E-state index contributed by atoms with van der Waals surface area (Å²) < 4.78 is 11.1. The highest BCUT2D eigenvalue weighted by Crippen LogP contribution is 2.28. The minimum Gasteiger partial charge on any atom is -0.490 e. The molecule has 29 heavy (non-hydrogen) atoms. The van der Waals surface area contributed by atoms with Crippen LogP contribution in [0.15, 0.2) is 36.7 Å². The molecule has 2 aliphatic rings. The van der Waals surface area contributed by atoms with Crippen molar-refractivity contribution in [3.05, 3.63) is 36.7 Å². The Morgan fingerprint density at radius 3 is 2.62 bits per heavy atom. The number of hydrogen-bond acceptors (Lipinski definition) is 7. The van der Waals surface area contributed by atoms with E-state index in [0.29, 0.717) is 12.6 Å². The van der Waals surface area contributed by atoms with Crippen molar-refractivity contribution in [3.8, 4) is 5.75 Å². The Hall–Kier alpha value is -2.38. The summed E-state index contributed by atoms with van der Waals surface area (Å²) in [4.78, 5) is 23.3. The molecule has 0 amide bonds. The molecule has 7 heteroatoms. The number of hydroxylamine groups is 2. The number of pyridine rings is 1. The van der Waals surface area contributed by atoms with Crippen molar-refractivity contribution < 1.29 is 19.1 Å². The molecule has 156 valence electrons. The van der Waals surface area contributed by atoms with Crippen LogP contribution in [0.25, 0.3) is 10.8 Å². The van der Waals surface area contributed by atoms with E-state index in [1.165, 1.54) is 0 Å². The van der Waals surface area contributed by atoms with Crippen molar-refractivity contribution in [1.82, 2.24) is 14.9 Å². The molecule has 0 N–H and O–H groups in total. The van der Waals surface area contributed by atoms with Crippen molar-refractivity contribution in [2.45, 2.75) is 44.8 Å². The normalized spacial score (nSPS) is 23.6. The van der Waals surface area contributed by atoms with Crippen LogP contribution in [0.5, 0.6) is 5.75 Å². The molecule has 1 aliphatic carbocycles. The molecule has 1 saturated carbocycles. The molecule has 1 aromatic heterocycles. The first-order valence-electron chi connectivity index (χ1n) is 10.6. The molecule has 2 aromatic rings. The molecule has 2 heterocycles. The van der Waals surface area contributed by atoms with E-state index < -0.39 is 6.16 Å². The Labute approximate surface area is 171 Å². The summed E-state index contributed by atoms with van der Waals surface area (Å²) >= 11 is 0. The van der Waals surface area contributed by atoms with Crippen molar-refractivity contribution >= 4 is 16.9 Å². The first-order chi connectivity index (χ1) is 14.2. The molecule has 0 unspecified atom stereocenters. The Morgan fingerprint density at radius 1 is 1.07 bits per heavy atom. The van der Waals surface area contributed by atoms with Gasteiger partial charge in [0.2, 0.25) is 0 Å². The van der Waals surface area contributed by atoms with Gasteiger partial charge in [-0.05, 0) is 62.3 Å². The topological polar surface area (TPSA) is 64.1 Å². The number of carbonyl (C=O) groups is 1. The van der Waals surface area contributed by atoms with Gasteiger partial charge in [-0.1, -0.05) is 0 Å². The first-order valence-corrected chi connectivity index (χ1v) is 10.6. The molecule has 1 aromatic carbocycles. The molecule has 0 atom stereocenters. The van der Waals surface area contributed by atoms with Gasteiger partial charge in [0.05, 0.1) is 12.7 Å². The summed E-state index contributed by atoms with van der Waals surface area (Å²) in [6, 6.07) is 8.82. The molecule has 0 radical (unpaired) electrons. The van der Waals surface area contributed by atoms with Crippen molar-refractivity contribution in [2.75, 3.05) is 32.8 Å². The van der Waals surface area contributed by atoms with Gasteiger partial charge in [-0.25, -0.2) is 4.79 Å². The van der Waals surface area contributed by atoms with Crippen LogP contribution in [0, 0.1) is 0 Å². The van der Waals surface area contributed by atoms with Crippen LogP contribution in [0.1, 0.15) is 32.6 Å². The lowest BCUT2D eigenvalue weighted by molar-refractivity contribution is -0.150. The lowest BCUT2D eigenvalue weighted by atomic mass is 9.91. The van der Waals surface area contributed by atoms with Crippen molar-refractivity contribution in [3.63, 3.8) is 0 Å². The van der Waals surface area contributed by atoms with E-state index in [1.54, 1.807) is 12.0 Å². The fraction of sp³-hybridized carbons (Fsp3) is 0.545. The summed E-state index contributed by atoms with van der Waals surface area (Å²) in [5.74, 6) is 0.942. The number of ether oxygens (including phenoxy) is 2. The monoisotopic (exact) mass is 399 g/mol. The highest BCUT2D eigenvalue weighted by molar-refractivity contribution is 5.82. The maximum absolute atomic E-state index is 11.4. The lowest BCUT2D eigenvalue weighted by Crippen LogP contribution is -2.51. The number of fused-ring (bicyclic) bond motifs is 1. The third-order valence-corrected chi connectivity index (χ3v) is 5.81. The zero-order chi connectivity index (χ0) is 20.1. The van der Waals surface area contributed by atoms with Gasteiger partial charge in [0.15, 0.2) is 0 Å². The number of benzene rings is 1. The van der Waals surface area contributed by atoms with E-state index in [2.05, 4.69) is 22.0 Å². The fourth-order valence-electron chi connectivity index (χ4n) is 4.27. The second-order valence-corrected chi connectivity index (χ2v) is 7.67. The molecular weight excluding hydrogens is 370 g/mol. The second kappa shape index (κ2) is 9.41. The Morgan fingerprint density at radius 2 is 1.86 bits per heavy atom. The van der Waals surface area contributed by atoms with Gasteiger partial charge in [0, 0.05) is 50.0 Å². The van der Waals surface area contributed by atoms with Crippen LogP contribution in [0.4, 0.5) is 4.79 Å². The van der Waals surface area contributed by atoms with Gasteiger partial charge < -0.3 is 14.3 Å². The molecule has 7 nitrogen and oxygen atoms in total. The predicted molar refractivity (Wildman–Crippen MR) is 110 cm³/mol. The number of rotatable bonds is 5. The van der Waals surface area contributed by atoms with Gasteiger partial charge in [-0.15, -0.1) is 5.06 Å². The summed E-state index contributed by atoms with van der Waals surface area (Å²) in [7, 11) is 0. The van der Waals surface area contributed by atoms with Crippen LogP contribution >= 0.6 is 0 Å². The number of nitrogens with zero attached hydrogens (tertiary/aromatic N) is 3. The van der Waals surface area contributed by atoms with Gasteiger partial charge in [0.1, 0.15) is 5.75 Å². The molecular formula is C22H29N3O4. The maximum Gasteiger partial charge on any atom is 0.527 e. The quantitative estimate of drug-likeness (QED) is 0.712. The van der Waals surface area contributed by atoms with Gasteiger partial charge in [-0.3, -0.25) is 9.88 Å². The standard InChI is InChI=1S/C22H29N3O4/c1-2-27-22(26)29-25-13-11-24(12-14-25)19-4-7-20(8-5-19)28-21-6-3-18-16-23-10-9-17(18)15-21/h3,6,9-10,15-16,19-20H,2,4-5,7-8,11-14H2,1H3. The van der Waals surface area contributed by atoms with Crippen LogP contribution in [-0.2, 0) is 9.57 Å². The highest BCUT2D eigenvalue weighted by Gasteiger charge is 2.30.